The van der Waals surface area contributed by atoms with E-state index < -0.39 is 0 Å². The molecule has 4 nitrogen and oxygen atoms in total. The van der Waals surface area contributed by atoms with E-state index in [-0.39, 0.29) is 6.04 Å². The van der Waals surface area contributed by atoms with Gasteiger partial charge in [0.25, 0.3) is 0 Å². The highest BCUT2D eigenvalue weighted by molar-refractivity contribution is 5.47. The third-order valence-electron chi connectivity index (χ3n) is 2.79. The minimum Gasteiger partial charge on any atom is -0.354 e. The van der Waals surface area contributed by atoms with Crippen molar-refractivity contribution in [2.24, 2.45) is 5.73 Å². The molecule has 0 aromatic carbocycles. The second kappa shape index (κ2) is 5.60. The second-order valence-corrected chi connectivity index (χ2v) is 4.38. The van der Waals surface area contributed by atoms with E-state index in [0.717, 1.165) is 23.6 Å². The van der Waals surface area contributed by atoms with Crippen LogP contribution in [0, 0.1) is 0 Å². The molecule has 0 saturated carbocycles. The zero-order chi connectivity index (χ0) is 13.0. The number of pyridine rings is 2. The fourth-order valence-electron chi connectivity index (χ4n) is 1.89. The molecule has 0 aliphatic heterocycles. The van der Waals surface area contributed by atoms with Crippen molar-refractivity contribution in [3.05, 3.63) is 54.0 Å². The molecule has 0 aliphatic carbocycles. The van der Waals surface area contributed by atoms with Crippen LogP contribution in [0.2, 0.25) is 0 Å². The Morgan fingerprint density at radius 3 is 2.61 bits per heavy atom. The lowest BCUT2D eigenvalue weighted by molar-refractivity contribution is 0.783. The zero-order valence-corrected chi connectivity index (χ0v) is 10.7. The largest absolute Gasteiger partial charge is 0.354 e. The number of nitrogens with zero attached hydrogens (tertiary/aromatic N) is 3. The minimum absolute atomic E-state index is 0.0279. The molecule has 0 spiro atoms. The molecule has 18 heavy (non-hydrogen) atoms. The monoisotopic (exact) mass is 242 g/mol. The molecule has 2 aromatic heterocycles. The lowest BCUT2D eigenvalue weighted by atomic mass is 10.1. The maximum Gasteiger partial charge on any atom is 0.133 e. The van der Waals surface area contributed by atoms with Gasteiger partial charge >= 0.3 is 0 Å². The van der Waals surface area contributed by atoms with Gasteiger partial charge in [0, 0.05) is 31.0 Å². The first kappa shape index (κ1) is 12.5. The van der Waals surface area contributed by atoms with Crippen molar-refractivity contribution in [2.75, 3.05) is 11.9 Å². The van der Waals surface area contributed by atoms with Crippen molar-refractivity contribution >= 4 is 5.82 Å². The van der Waals surface area contributed by atoms with Gasteiger partial charge in [-0.2, -0.15) is 0 Å². The fraction of sp³-hybridized carbons (Fsp3) is 0.286. The van der Waals surface area contributed by atoms with Gasteiger partial charge in [-0.15, -0.1) is 0 Å². The van der Waals surface area contributed by atoms with Crippen LogP contribution in [0.5, 0.6) is 0 Å². The van der Waals surface area contributed by atoms with E-state index in [1.165, 1.54) is 0 Å². The fourth-order valence-corrected chi connectivity index (χ4v) is 1.89. The molecular formula is C14H18N4. The van der Waals surface area contributed by atoms with Crippen molar-refractivity contribution in [2.45, 2.75) is 19.5 Å². The van der Waals surface area contributed by atoms with Crippen molar-refractivity contribution < 1.29 is 0 Å². The number of rotatable bonds is 4. The van der Waals surface area contributed by atoms with Gasteiger partial charge < -0.3 is 10.6 Å². The average molecular weight is 242 g/mol. The summed E-state index contributed by atoms with van der Waals surface area (Å²) in [7, 11) is 2.00. The van der Waals surface area contributed by atoms with Crippen LogP contribution in [-0.2, 0) is 6.54 Å². The Kier molecular flexibility index (Phi) is 3.89. The van der Waals surface area contributed by atoms with Gasteiger partial charge in [0.1, 0.15) is 5.82 Å². The van der Waals surface area contributed by atoms with E-state index >= 15 is 0 Å². The van der Waals surface area contributed by atoms with Gasteiger partial charge in [0.05, 0.1) is 12.2 Å². The predicted octanol–water partition coefficient (Wildman–Crippen LogP) is 2.13. The van der Waals surface area contributed by atoms with Crippen molar-refractivity contribution in [3.8, 4) is 0 Å². The van der Waals surface area contributed by atoms with E-state index in [9.17, 15) is 0 Å². The summed E-state index contributed by atoms with van der Waals surface area (Å²) in [5.41, 5.74) is 8.03. The summed E-state index contributed by atoms with van der Waals surface area (Å²) >= 11 is 0. The lowest BCUT2D eigenvalue weighted by Crippen LogP contribution is -2.21. The van der Waals surface area contributed by atoms with Gasteiger partial charge in [-0.3, -0.25) is 4.98 Å². The summed E-state index contributed by atoms with van der Waals surface area (Å²) in [6.45, 7) is 2.69. The van der Waals surface area contributed by atoms with Gasteiger partial charge in [0.15, 0.2) is 0 Å². The molecule has 0 bridgehead atoms. The molecule has 94 valence electrons. The Hall–Kier alpha value is -1.94. The van der Waals surface area contributed by atoms with Gasteiger partial charge in [-0.1, -0.05) is 12.1 Å². The Bertz CT molecular complexity index is 496. The standard InChI is InChI=1S/C14H18N4/c1-11(15)13-7-5-9-17-14(13)18(2)10-12-6-3-4-8-16-12/h3-9,11H,10,15H2,1-2H3/t11-/m1/s1. The number of hydrogen-bond donors (Lipinski definition) is 1. The first-order valence-electron chi connectivity index (χ1n) is 6.00. The first-order chi connectivity index (χ1) is 8.68. The number of nitrogens with two attached hydrogens (primary N) is 1. The molecule has 0 radical (unpaired) electrons. The molecule has 0 amide bonds. The molecular weight excluding hydrogens is 224 g/mol. The first-order valence-corrected chi connectivity index (χ1v) is 6.00. The Morgan fingerprint density at radius 2 is 1.94 bits per heavy atom. The SMILES string of the molecule is C[C@@H](N)c1cccnc1N(C)Cc1ccccn1. The van der Waals surface area contributed by atoms with Crippen LogP contribution in [0.1, 0.15) is 24.2 Å². The quantitative estimate of drug-likeness (QED) is 0.892. The molecule has 0 unspecified atom stereocenters. The van der Waals surface area contributed by atoms with E-state index in [4.69, 9.17) is 5.73 Å². The molecule has 4 heteroatoms. The van der Waals surface area contributed by atoms with Gasteiger partial charge in [0.2, 0.25) is 0 Å². The molecule has 2 N–H and O–H groups in total. The highest BCUT2D eigenvalue weighted by atomic mass is 15.2. The smallest absolute Gasteiger partial charge is 0.133 e. The van der Waals surface area contributed by atoms with Crippen LogP contribution < -0.4 is 10.6 Å². The molecule has 2 aromatic rings. The van der Waals surface area contributed by atoms with E-state index in [1.54, 1.807) is 12.4 Å². The summed E-state index contributed by atoms with van der Waals surface area (Å²) in [5.74, 6) is 0.915. The third kappa shape index (κ3) is 2.84. The zero-order valence-electron chi connectivity index (χ0n) is 10.7. The summed E-state index contributed by atoms with van der Waals surface area (Å²) in [4.78, 5) is 10.8. The van der Waals surface area contributed by atoms with Crippen molar-refractivity contribution in [1.29, 1.82) is 0 Å². The second-order valence-electron chi connectivity index (χ2n) is 4.38. The summed E-state index contributed by atoms with van der Waals surface area (Å²) in [6.07, 6.45) is 3.59. The minimum atomic E-state index is -0.0279. The van der Waals surface area contributed by atoms with E-state index in [0.29, 0.717) is 0 Å². The number of aromatic nitrogens is 2. The van der Waals surface area contributed by atoms with Gasteiger partial charge in [-0.05, 0) is 25.1 Å². The highest BCUT2D eigenvalue weighted by Crippen LogP contribution is 2.22. The molecule has 0 saturated heterocycles. The van der Waals surface area contributed by atoms with E-state index in [2.05, 4.69) is 14.9 Å². The Labute approximate surface area is 107 Å². The predicted molar refractivity (Wildman–Crippen MR) is 73.2 cm³/mol. The van der Waals surface area contributed by atoms with Crippen LogP contribution in [0.15, 0.2) is 42.7 Å². The average Bonchev–Trinajstić information content (AvgIpc) is 2.40. The number of hydrogen-bond acceptors (Lipinski definition) is 4. The van der Waals surface area contributed by atoms with Crippen LogP contribution in [-0.4, -0.2) is 17.0 Å². The Balaban J connectivity index is 2.21. The topological polar surface area (TPSA) is 55.0 Å². The van der Waals surface area contributed by atoms with Crippen LogP contribution in [0.3, 0.4) is 0 Å². The Morgan fingerprint density at radius 1 is 1.17 bits per heavy atom. The maximum atomic E-state index is 5.96. The summed E-state index contributed by atoms with van der Waals surface area (Å²) < 4.78 is 0. The summed E-state index contributed by atoms with van der Waals surface area (Å²) in [5, 5.41) is 0. The molecule has 2 rings (SSSR count). The van der Waals surface area contributed by atoms with E-state index in [1.807, 2.05) is 44.3 Å². The van der Waals surface area contributed by atoms with Crippen molar-refractivity contribution in [3.63, 3.8) is 0 Å². The van der Waals surface area contributed by atoms with Gasteiger partial charge in [-0.25, -0.2) is 4.98 Å². The van der Waals surface area contributed by atoms with Crippen molar-refractivity contribution in [1.82, 2.24) is 9.97 Å². The molecule has 0 fully saturated rings. The van der Waals surface area contributed by atoms with Crippen LogP contribution in [0.25, 0.3) is 0 Å². The molecule has 2 heterocycles. The molecule has 1 atom stereocenters. The molecule has 0 aliphatic rings. The van der Waals surface area contributed by atoms with Crippen LogP contribution in [0.4, 0.5) is 5.82 Å². The van der Waals surface area contributed by atoms with Crippen LogP contribution >= 0.6 is 0 Å². The maximum absolute atomic E-state index is 5.96. The lowest BCUT2D eigenvalue weighted by Gasteiger charge is -2.22. The third-order valence-corrected chi connectivity index (χ3v) is 2.79. The normalized spacial score (nSPS) is 12.2. The highest BCUT2D eigenvalue weighted by Gasteiger charge is 2.12. The summed E-state index contributed by atoms with van der Waals surface area (Å²) in [6, 6.07) is 9.81. The number of anilines is 1.